The van der Waals surface area contributed by atoms with Crippen molar-refractivity contribution in [3.05, 3.63) is 29.0 Å². The molecular formula is C15H19N3O2S. The number of carbonyl (C=O) groups is 1. The Kier molecular flexibility index (Phi) is 4.36. The number of carbonyl (C=O) groups excluding carboxylic acids is 1. The van der Waals surface area contributed by atoms with Crippen molar-refractivity contribution < 1.29 is 9.21 Å². The van der Waals surface area contributed by atoms with Crippen molar-refractivity contribution in [3.63, 3.8) is 0 Å². The fraction of sp³-hybridized carbons (Fsp3) is 0.467. The summed E-state index contributed by atoms with van der Waals surface area (Å²) in [5.74, 6) is 1.30. The van der Waals surface area contributed by atoms with Gasteiger partial charge in [-0.05, 0) is 50.9 Å². The summed E-state index contributed by atoms with van der Waals surface area (Å²) in [6.45, 7) is 4.78. The molecule has 1 saturated heterocycles. The Labute approximate surface area is 127 Å². The van der Waals surface area contributed by atoms with Crippen LogP contribution in [0.15, 0.2) is 22.8 Å². The average molecular weight is 305 g/mol. The van der Waals surface area contributed by atoms with Gasteiger partial charge in [0, 0.05) is 11.4 Å². The highest BCUT2D eigenvalue weighted by molar-refractivity contribution is 7.15. The number of rotatable bonds is 5. The van der Waals surface area contributed by atoms with Crippen LogP contribution in [0.2, 0.25) is 0 Å². The molecule has 21 heavy (non-hydrogen) atoms. The molecule has 1 amide bonds. The number of hydrogen-bond donors (Lipinski definition) is 2. The largest absolute Gasteiger partial charge is 0.462 e. The van der Waals surface area contributed by atoms with E-state index < -0.39 is 0 Å². The van der Waals surface area contributed by atoms with E-state index in [2.05, 4.69) is 15.6 Å². The van der Waals surface area contributed by atoms with E-state index in [4.69, 9.17) is 4.42 Å². The van der Waals surface area contributed by atoms with E-state index in [0.717, 1.165) is 29.4 Å². The Morgan fingerprint density at radius 2 is 2.52 bits per heavy atom. The van der Waals surface area contributed by atoms with Gasteiger partial charge in [0.2, 0.25) is 0 Å². The van der Waals surface area contributed by atoms with Crippen LogP contribution >= 0.6 is 11.3 Å². The molecule has 3 heterocycles. The second kappa shape index (κ2) is 6.41. The molecule has 0 radical (unpaired) electrons. The first-order valence-electron chi connectivity index (χ1n) is 7.24. The molecule has 1 unspecified atom stereocenters. The molecule has 1 atom stereocenters. The van der Waals surface area contributed by atoms with E-state index >= 15 is 0 Å². The molecule has 0 aliphatic carbocycles. The summed E-state index contributed by atoms with van der Waals surface area (Å²) in [7, 11) is 0. The summed E-state index contributed by atoms with van der Waals surface area (Å²) in [5.41, 5.74) is 0.510. The predicted molar refractivity (Wildman–Crippen MR) is 82.5 cm³/mol. The first-order valence-corrected chi connectivity index (χ1v) is 8.06. The smallest absolute Gasteiger partial charge is 0.271 e. The minimum Gasteiger partial charge on any atom is -0.462 e. The van der Waals surface area contributed by atoms with Gasteiger partial charge in [-0.15, -0.1) is 11.3 Å². The van der Waals surface area contributed by atoms with Crippen LogP contribution in [0, 0.1) is 12.8 Å². The van der Waals surface area contributed by atoms with Crippen LogP contribution in [0.5, 0.6) is 0 Å². The van der Waals surface area contributed by atoms with Crippen molar-refractivity contribution in [3.8, 4) is 10.8 Å². The van der Waals surface area contributed by atoms with Crippen LogP contribution in [0.1, 0.15) is 28.2 Å². The van der Waals surface area contributed by atoms with Gasteiger partial charge < -0.3 is 15.1 Å². The number of aromatic nitrogens is 1. The topological polar surface area (TPSA) is 67.2 Å². The molecule has 6 heteroatoms. The first-order chi connectivity index (χ1) is 10.2. The van der Waals surface area contributed by atoms with Gasteiger partial charge in [-0.1, -0.05) is 0 Å². The lowest BCUT2D eigenvalue weighted by Gasteiger charge is -2.08. The zero-order valence-electron chi connectivity index (χ0n) is 12.0. The Morgan fingerprint density at radius 3 is 3.24 bits per heavy atom. The Bertz CT molecular complexity index is 600. The van der Waals surface area contributed by atoms with Gasteiger partial charge in [0.15, 0.2) is 10.8 Å². The maximum Gasteiger partial charge on any atom is 0.271 e. The van der Waals surface area contributed by atoms with Crippen molar-refractivity contribution >= 4 is 17.2 Å². The summed E-state index contributed by atoms with van der Waals surface area (Å²) in [4.78, 5) is 17.5. The van der Waals surface area contributed by atoms with Crippen LogP contribution in [-0.2, 0) is 0 Å². The number of nitrogens with zero attached hydrogens (tertiary/aromatic N) is 1. The lowest BCUT2D eigenvalue weighted by molar-refractivity contribution is 0.0947. The SMILES string of the molecule is Cc1sc(-c2ccco2)nc1C(=O)NCCC1CCNC1. The molecule has 0 saturated carbocycles. The molecule has 112 valence electrons. The summed E-state index contributed by atoms with van der Waals surface area (Å²) in [6.07, 6.45) is 3.84. The zero-order valence-corrected chi connectivity index (χ0v) is 12.8. The molecule has 3 rings (SSSR count). The third-order valence-electron chi connectivity index (χ3n) is 3.74. The number of hydrogen-bond acceptors (Lipinski definition) is 5. The Balaban J connectivity index is 1.59. The quantitative estimate of drug-likeness (QED) is 0.890. The van der Waals surface area contributed by atoms with E-state index in [0.29, 0.717) is 23.9 Å². The lowest BCUT2D eigenvalue weighted by atomic mass is 10.1. The number of aryl methyl sites for hydroxylation is 1. The summed E-state index contributed by atoms with van der Waals surface area (Å²) in [6, 6.07) is 3.68. The number of amides is 1. The molecule has 0 bridgehead atoms. The van der Waals surface area contributed by atoms with E-state index in [9.17, 15) is 4.79 Å². The van der Waals surface area contributed by atoms with E-state index in [1.54, 1.807) is 6.26 Å². The van der Waals surface area contributed by atoms with E-state index in [1.807, 2.05) is 19.1 Å². The van der Waals surface area contributed by atoms with Gasteiger partial charge in [0.1, 0.15) is 5.69 Å². The van der Waals surface area contributed by atoms with Gasteiger partial charge in [-0.2, -0.15) is 0 Å². The van der Waals surface area contributed by atoms with Crippen molar-refractivity contribution in [2.75, 3.05) is 19.6 Å². The first kappa shape index (κ1) is 14.3. The van der Waals surface area contributed by atoms with Crippen LogP contribution in [0.3, 0.4) is 0 Å². The third-order valence-corrected chi connectivity index (χ3v) is 4.73. The standard InChI is InChI=1S/C15H19N3O2S/c1-10-13(18-15(21-10)12-3-2-8-20-12)14(19)17-7-5-11-4-6-16-9-11/h2-3,8,11,16H,4-7,9H2,1H3,(H,17,19). The highest BCUT2D eigenvalue weighted by Crippen LogP contribution is 2.27. The Hall–Kier alpha value is -1.66. The number of furan rings is 1. The lowest BCUT2D eigenvalue weighted by Crippen LogP contribution is -2.27. The van der Waals surface area contributed by atoms with Crippen LogP contribution in [-0.4, -0.2) is 30.5 Å². The monoisotopic (exact) mass is 305 g/mol. The van der Waals surface area contributed by atoms with Crippen molar-refractivity contribution in [1.29, 1.82) is 0 Å². The van der Waals surface area contributed by atoms with Crippen molar-refractivity contribution in [2.45, 2.75) is 19.8 Å². The minimum absolute atomic E-state index is 0.0903. The minimum atomic E-state index is -0.0903. The molecule has 1 aliphatic rings. The second-order valence-corrected chi connectivity index (χ2v) is 6.51. The maximum atomic E-state index is 12.2. The highest BCUT2D eigenvalue weighted by atomic mass is 32.1. The van der Waals surface area contributed by atoms with Crippen LogP contribution in [0.25, 0.3) is 10.8 Å². The summed E-state index contributed by atoms with van der Waals surface area (Å²) in [5, 5.41) is 7.06. The van der Waals surface area contributed by atoms with Crippen LogP contribution in [0.4, 0.5) is 0 Å². The maximum absolute atomic E-state index is 12.2. The van der Waals surface area contributed by atoms with Gasteiger partial charge in [0.05, 0.1) is 6.26 Å². The molecule has 0 spiro atoms. The third kappa shape index (κ3) is 3.33. The van der Waals surface area contributed by atoms with E-state index in [1.165, 1.54) is 17.8 Å². The predicted octanol–water partition coefficient (Wildman–Crippen LogP) is 2.44. The van der Waals surface area contributed by atoms with Gasteiger partial charge >= 0.3 is 0 Å². The molecule has 0 aromatic carbocycles. The molecule has 1 fully saturated rings. The van der Waals surface area contributed by atoms with Gasteiger partial charge in [-0.3, -0.25) is 4.79 Å². The fourth-order valence-electron chi connectivity index (χ4n) is 2.55. The molecule has 5 nitrogen and oxygen atoms in total. The fourth-order valence-corrected chi connectivity index (χ4v) is 3.43. The number of thiazole rings is 1. The van der Waals surface area contributed by atoms with E-state index in [-0.39, 0.29) is 5.91 Å². The average Bonchev–Trinajstić information content (AvgIpc) is 3.19. The zero-order chi connectivity index (χ0) is 14.7. The van der Waals surface area contributed by atoms with Gasteiger partial charge in [0.25, 0.3) is 5.91 Å². The summed E-state index contributed by atoms with van der Waals surface area (Å²) >= 11 is 1.48. The summed E-state index contributed by atoms with van der Waals surface area (Å²) < 4.78 is 5.33. The van der Waals surface area contributed by atoms with Crippen molar-refractivity contribution in [1.82, 2.24) is 15.6 Å². The molecule has 1 aliphatic heterocycles. The highest BCUT2D eigenvalue weighted by Gasteiger charge is 2.18. The van der Waals surface area contributed by atoms with Crippen molar-refractivity contribution in [2.24, 2.45) is 5.92 Å². The second-order valence-electron chi connectivity index (χ2n) is 5.30. The molecule has 2 aromatic rings. The molecular weight excluding hydrogens is 286 g/mol. The molecule has 2 aromatic heterocycles. The van der Waals surface area contributed by atoms with Crippen LogP contribution < -0.4 is 10.6 Å². The number of nitrogens with one attached hydrogen (secondary N) is 2. The molecule has 2 N–H and O–H groups in total. The van der Waals surface area contributed by atoms with Gasteiger partial charge in [-0.25, -0.2) is 4.98 Å². The normalized spacial score (nSPS) is 18.0. The Morgan fingerprint density at radius 1 is 1.62 bits per heavy atom.